The number of nitrogens with two attached hydrogens (primary N) is 1. The van der Waals surface area contributed by atoms with Crippen molar-refractivity contribution in [2.24, 2.45) is 0 Å². The molecule has 0 bridgehead atoms. The van der Waals surface area contributed by atoms with E-state index in [4.69, 9.17) is 17.3 Å². The number of aryl methyl sites for hydroxylation is 1. The number of hydrogen-bond acceptors (Lipinski definition) is 5. The summed E-state index contributed by atoms with van der Waals surface area (Å²) < 4.78 is 0. The summed E-state index contributed by atoms with van der Waals surface area (Å²) in [5.41, 5.74) is 9.21. The molecule has 1 saturated heterocycles. The van der Waals surface area contributed by atoms with Crippen LogP contribution < -0.4 is 15.5 Å². The fraction of sp³-hybridized carbons (Fsp3) is 0.412. The first-order valence-corrected chi connectivity index (χ1v) is 8.34. The molecule has 122 valence electrons. The molecule has 1 aliphatic heterocycles. The Balaban J connectivity index is 1.76. The van der Waals surface area contributed by atoms with Crippen LogP contribution in [0.4, 0.5) is 17.5 Å². The minimum Gasteiger partial charge on any atom is -0.368 e. The predicted molar refractivity (Wildman–Crippen MR) is 96.4 cm³/mol. The van der Waals surface area contributed by atoms with Gasteiger partial charge in [-0.25, -0.2) is 4.98 Å². The average Bonchev–Trinajstić information content (AvgIpc) is 2.57. The Labute approximate surface area is 142 Å². The monoisotopic (exact) mass is 331 g/mol. The summed E-state index contributed by atoms with van der Waals surface area (Å²) >= 11 is 6.09. The molecule has 1 aliphatic rings. The summed E-state index contributed by atoms with van der Waals surface area (Å²) in [6.45, 7) is 7.86. The van der Waals surface area contributed by atoms with Crippen molar-refractivity contribution in [1.82, 2.24) is 9.97 Å². The molecule has 0 atom stereocenters. The smallest absolute Gasteiger partial charge is 0.222 e. The molecule has 0 aliphatic carbocycles. The molecular formula is C17H22ClN5. The Kier molecular flexibility index (Phi) is 4.57. The van der Waals surface area contributed by atoms with E-state index in [1.165, 1.54) is 5.69 Å². The highest BCUT2D eigenvalue weighted by atomic mass is 35.5. The average molecular weight is 332 g/mol. The Morgan fingerprint density at radius 3 is 2.48 bits per heavy atom. The first-order chi connectivity index (χ1) is 11.1. The lowest BCUT2D eigenvalue weighted by Gasteiger charge is -2.37. The van der Waals surface area contributed by atoms with Crippen molar-refractivity contribution in [3.05, 3.63) is 40.5 Å². The highest BCUT2D eigenvalue weighted by molar-refractivity contribution is 6.30. The zero-order chi connectivity index (χ0) is 16.4. The Hall–Kier alpha value is -2.01. The molecular weight excluding hydrogens is 310 g/mol. The zero-order valence-corrected chi connectivity index (χ0v) is 14.3. The molecule has 1 aromatic heterocycles. The van der Waals surface area contributed by atoms with Crippen LogP contribution in [0, 0.1) is 6.92 Å². The van der Waals surface area contributed by atoms with E-state index in [0.29, 0.717) is 5.95 Å². The topological polar surface area (TPSA) is 58.3 Å². The van der Waals surface area contributed by atoms with Crippen molar-refractivity contribution < 1.29 is 0 Å². The molecule has 5 nitrogen and oxygen atoms in total. The molecule has 0 spiro atoms. The lowest BCUT2D eigenvalue weighted by molar-refractivity contribution is 0.644. The van der Waals surface area contributed by atoms with Crippen LogP contribution >= 0.6 is 11.6 Å². The lowest BCUT2D eigenvalue weighted by Crippen LogP contribution is -2.47. The summed E-state index contributed by atoms with van der Waals surface area (Å²) in [5, 5.41) is 0.775. The third-order valence-electron chi connectivity index (χ3n) is 4.33. The fourth-order valence-electron chi connectivity index (χ4n) is 3.07. The lowest BCUT2D eigenvalue weighted by atomic mass is 10.1. The summed E-state index contributed by atoms with van der Waals surface area (Å²) in [5.74, 6) is 1.33. The van der Waals surface area contributed by atoms with Crippen molar-refractivity contribution in [2.45, 2.75) is 20.3 Å². The van der Waals surface area contributed by atoms with Crippen LogP contribution in [0.25, 0.3) is 0 Å². The van der Waals surface area contributed by atoms with Crippen LogP contribution in [0.1, 0.15) is 18.2 Å². The largest absolute Gasteiger partial charge is 0.368 e. The molecule has 6 heteroatoms. The number of nitrogen functional groups attached to an aromatic ring is 1. The minimum absolute atomic E-state index is 0.361. The number of halogens is 1. The highest BCUT2D eigenvalue weighted by Crippen LogP contribution is 2.25. The quantitative estimate of drug-likeness (QED) is 0.937. The predicted octanol–water partition coefficient (Wildman–Crippen LogP) is 2.91. The molecule has 0 radical (unpaired) electrons. The summed E-state index contributed by atoms with van der Waals surface area (Å²) in [6, 6.07) is 8.01. The maximum atomic E-state index is 6.09. The first kappa shape index (κ1) is 15.9. The molecule has 2 N–H and O–H groups in total. The van der Waals surface area contributed by atoms with Crippen LogP contribution in [0.3, 0.4) is 0 Å². The van der Waals surface area contributed by atoms with Gasteiger partial charge in [0.25, 0.3) is 0 Å². The van der Waals surface area contributed by atoms with E-state index in [2.05, 4.69) is 39.7 Å². The molecule has 3 rings (SSSR count). The normalized spacial score (nSPS) is 15.1. The second-order valence-corrected chi connectivity index (χ2v) is 6.22. The molecule has 1 fully saturated rings. The molecule has 1 aromatic carbocycles. The Morgan fingerprint density at radius 1 is 1.13 bits per heavy atom. The fourth-order valence-corrected chi connectivity index (χ4v) is 3.25. The highest BCUT2D eigenvalue weighted by Gasteiger charge is 2.21. The van der Waals surface area contributed by atoms with Gasteiger partial charge < -0.3 is 15.5 Å². The number of aromatic nitrogens is 2. The third-order valence-corrected chi connectivity index (χ3v) is 4.56. The number of piperazine rings is 1. The van der Waals surface area contributed by atoms with Gasteiger partial charge >= 0.3 is 0 Å². The van der Waals surface area contributed by atoms with Gasteiger partial charge in [-0.15, -0.1) is 0 Å². The van der Waals surface area contributed by atoms with E-state index >= 15 is 0 Å². The summed E-state index contributed by atoms with van der Waals surface area (Å²) in [4.78, 5) is 13.5. The first-order valence-electron chi connectivity index (χ1n) is 7.97. The van der Waals surface area contributed by atoms with E-state index in [1.54, 1.807) is 0 Å². The van der Waals surface area contributed by atoms with E-state index in [-0.39, 0.29) is 0 Å². The molecule has 0 saturated carbocycles. The number of hydrogen-bond donors (Lipinski definition) is 1. The van der Waals surface area contributed by atoms with E-state index in [1.807, 2.05) is 18.2 Å². The van der Waals surface area contributed by atoms with Gasteiger partial charge in [-0.05, 0) is 31.5 Å². The zero-order valence-electron chi connectivity index (χ0n) is 13.6. The van der Waals surface area contributed by atoms with Gasteiger partial charge in [0, 0.05) is 42.5 Å². The maximum Gasteiger partial charge on any atom is 0.222 e. The van der Waals surface area contributed by atoms with Gasteiger partial charge in [-0.3, -0.25) is 0 Å². The van der Waals surface area contributed by atoms with E-state index < -0.39 is 0 Å². The second-order valence-electron chi connectivity index (χ2n) is 5.78. The SMILES string of the molecule is CCc1nc(N)nc(N2CCN(c3cccc(Cl)c3)CC2)c1C. The summed E-state index contributed by atoms with van der Waals surface area (Å²) in [6.07, 6.45) is 0.869. The van der Waals surface area contributed by atoms with Crippen molar-refractivity contribution in [3.63, 3.8) is 0 Å². The van der Waals surface area contributed by atoms with Crippen LogP contribution in [0.5, 0.6) is 0 Å². The van der Waals surface area contributed by atoms with Gasteiger partial charge in [0.05, 0.1) is 5.69 Å². The van der Waals surface area contributed by atoms with Crippen molar-refractivity contribution in [3.8, 4) is 0 Å². The maximum absolute atomic E-state index is 6.09. The van der Waals surface area contributed by atoms with Gasteiger partial charge in [0.2, 0.25) is 5.95 Å². The number of benzene rings is 1. The summed E-state index contributed by atoms with van der Waals surface area (Å²) in [7, 11) is 0. The van der Waals surface area contributed by atoms with E-state index in [9.17, 15) is 0 Å². The van der Waals surface area contributed by atoms with Crippen molar-refractivity contribution in [1.29, 1.82) is 0 Å². The minimum atomic E-state index is 0.361. The van der Waals surface area contributed by atoms with Gasteiger partial charge in [0.15, 0.2) is 0 Å². The standard InChI is InChI=1S/C17H22ClN5/c1-3-15-12(2)16(21-17(19)20-15)23-9-7-22(8-10-23)14-6-4-5-13(18)11-14/h4-6,11H,3,7-10H2,1-2H3,(H2,19,20,21). The molecule has 2 aromatic rings. The number of rotatable bonds is 3. The molecule has 0 amide bonds. The van der Waals surface area contributed by atoms with Gasteiger partial charge in [-0.1, -0.05) is 24.6 Å². The molecule has 23 heavy (non-hydrogen) atoms. The Morgan fingerprint density at radius 2 is 1.83 bits per heavy atom. The van der Waals surface area contributed by atoms with Crippen LogP contribution in [0.2, 0.25) is 5.02 Å². The Bertz CT molecular complexity index is 695. The third kappa shape index (κ3) is 3.34. The van der Waals surface area contributed by atoms with Crippen molar-refractivity contribution >= 4 is 29.1 Å². The van der Waals surface area contributed by atoms with Crippen LogP contribution in [-0.4, -0.2) is 36.1 Å². The van der Waals surface area contributed by atoms with Crippen LogP contribution in [0.15, 0.2) is 24.3 Å². The molecule has 0 unspecified atom stereocenters. The number of anilines is 3. The van der Waals surface area contributed by atoms with Gasteiger partial charge in [-0.2, -0.15) is 4.98 Å². The number of nitrogens with zero attached hydrogens (tertiary/aromatic N) is 4. The molecule has 2 heterocycles. The van der Waals surface area contributed by atoms with E-state index in [0.717, 1.165) is 54.7 Å². The van der Waals surface area contributed by atoms with Crippen LogP contribution in [-0.2, 0) is 6.42 Å². The second kappa shape index (κ2) is 6.62. The van der Waals surface area contributed by atoms with Crippen molar-refractivity contribution in [2.75, 3.05) is 41.7 Å². The van der Waals surface area contributed by atoms with Gasteiger partial charge in [0.1, 0.15) is 5.82 Å².